The van der Waals surface area contributed by atoms with Crippen LogP contribution in [-0.2, 0) is 9.59 Å². The van der Waals surface area contributed by atoms with Gasteiger partial charge in [-0.2, -0.15) is 5.10 Å². The number of anilines is 1. The van der Waals surface area contributed by atoms with Crippen molar-refractivity contribution in [1.29, 1.82) is 0 Å². The number of amides is 2. The number of thioether (sulfide) groups is 1. The third-order valence-electron chi connectivity index (χ3n) is 4.53. The van der Waals surface area contributed by atoms with Crippen molar-refractivity contribution in [3.05, 3.63) is 59.1 Å². The van der Waals surface area contributed by atoms with Crippen molar-refractivity contribution in [3.8, 4) is 5.69 Å². The molecule has 0 saturated carbocycles. The Balaban J connectivity index is 1.48. The van der Waals surface area contributed by atoms with E-state index in [-0.39, 0.29) is 29.4 Å². The predicted octanol–water partition coefficient (Wildman–Crippen LogP) is 3.33. The maximum Gasteiger partial charge on any atom is 0.235 e. The molecule has 0 saturated heterocycles. The maximum absolute atomic E-state index is 12.3. The van der Waals surface area contributed by atoms with Crippen LogP contribution in [0.5, 0.6) is 0 Å². The van der Waals surface area contributed by atoms with Crippen LogP contribution in [0.15, 0.2) is 41.1 Å². The highest BCUT2D eigenvalue weighted by atomic mass is 32.2. The zero-order chi connectivity index (χ0) is 21.7. The highest BCUT2D eigenvalue weighted by Crippen LogP contribution is 2.20. The molecule has 0 aliphatic carbocycles. The second-order valence-electron chi connectivity index (χ2n) is 7.09. The Bertz CT molecular complexity index is 1030. The smallest absolute Gasteiger partial charge is 0.235 e. The third-order valence-corrected chi connectivity index (χ3v) is 5.46. The fourth-order valence-corrected chi connectivity index (χ4v) is 3.62. The monoisotopic (exact) mass is 427 g/mol. The minimum atomic E-state index is -0.232. The van der Waals surface area contributed by atoms with Gasteiger partial charge in [-0.25, -0.2) is 4.68 Å². The normalized spacial score (nSPS) is 11.9. The number of rotatable bonds is 8. The van der Waals surface area contributed by atoms with Gasteiger partial charge < -0.3 is 15.2 Å². The first kappa shape index (κ1) is 21.6. The number of aryl methyl sites for hydroxylation is 2. The second-order valence-corrected chi connectivity index (χ2v) is 8.07. The third kappa shape index (κ3) is 5.50. The molecule has 0 bridgehead atoms. The van der Waals surface area contributed by atoms with Gasteiger partial charge in [0.2, 0.25) is 11.8 Å². The Labute approximate surface area is 179 Å². The lowest BCUT2D eigenvalue weighted by Gasteiger charge is -2.14. The van der Waals surface area contributed by atoms with Crippen molar-refractivity contribution >= 4 is 29.4 Å². The van der Waals surface area contributed by atoms with Crippen LogP contribution in [0, 0.1) is 20.8 Å². The van der Waals surface area contributed by atoms with Gasteiger partial charge in [0, 0.05) is 17.3 Å². The zero-order valence-corrected chi connectivity index (χ0v) is 18.2. The molecule has 8 nitrogen and oxygen atoms in total. The molecule has 1 aromatic carbocycles. The average molecular weight is 428 g/mol. The topological polar surface area (TPSA) is 102 Å². The number of hydrogen-bond donors (Lipinski definition) is 2. The molecule has 2 aromatic heterocycles. The Hall–Kier alpha value is -3.07. The first-order valence-electron chi connectivity index (χ1n) is 9.55. The highest BCUT2D eigenvalue weighted by molar-refractivity contribution is 8.00. The summed E-state index contributed by atoms with van der Waals surface area (Å²) < 4.78 is 6.76. The first-order valence-corrected chi connectivity index (χ1v) is 10.7. The largest absolute Gasteiger partial charge is 0.360 e. The molecule has 0 aliphatic rings. The lowest BCUT2D eigenvalue weighted by Crippen LogP contribution is -2.29. The summed E-state index contributed by atoms with van der Waals surface area (Å²) >= 11 is 1.24. The summed E-state index contributed by atoms with van der Waals surface area (Å²) in [6.07, 6.45) is 1.78. The number of nitrogens with zero attached hydrogens (tertiary/aromatic N) is 3. The summed E-state index contributed by atoms with van der Waals surface area (Å²) in [5, 5.41) is 13.8. The molecular weight excluding hydrogens is 402 g/mol. The Morgan fingerprint density at radius 3 is 2.50 bits per heavy atom. The highest BCUT2D eigenvalue weighted by Gasteiger charge is 2.17. The summed E-state index contributed by atoms with van der Waals surface area (Å²) in [7, 11) is 0. The Morgan fingerprint density at radius 1 is 1.13 bits per heavy atom. The van der Waals surface area contributed by atoms with E-state index in [1.807, 2.05) is 49.7 Å². The quantitative estimate of drug-likeness (QED) is 0.572. The number of aromatic nitrogens is 3. The fourth-order valence-electron chi connectivity index (χ4n) is 3.00. The van der Waals surface area contributed by atoms with E-state index in [4.69, 9.17) is 4.52 Å². The van der Waals surface area contributed by atoms with Crippen molar-refractivity contribution in [2.75, 3.05) is 16.8 Å². The molecule has 158 valence electrons. The number of benzene rings is 1. The van der Waals surface area contributed by atoms with Crippen LogP contribution in [-0.4, -0.2) is 38.3 Å². The minimum absolute atomic E-state index is 0.139. The van der Waals surface area contributed by atoms with Gasteiger partial charge in [0.05, 0.1) is 29.4 Å². The molecule has 0 aliphatic heterocycles. The van der Waals surface area contributed by atoms with E-state index < -0.39 is 0 Å². The average Bonchev–Trinajstić information content (AvgIpc) is 3.27. The Kier molecular flexibility index (Phi) is 6.94. The molecule has 3 rings (SSSR count). The van der Waals surface area contributed by atoms with Crippen LogP contribution in [0.2, 0.25) is 0 Å². The van der Waals surface area contributed by atoms with E-state index in [9.17, 15) is 9.59 Å². The molecule has 30 heavy (non-hydrogen) atoms. The summed E-state index contributed by atoms with van der Waals surface area (Å²) in [5.74, 6) is 0.952. The van der Waals surface area contributed by atoms with Gasteiger partial charge in [0.1, 0.15) is 5.76 Å². The van der Waals surface area contributed by atoms with Crippen LogP contribution in [0.25, 0.3) is 5.69 Å². The molecule has 2 N–H and O–H groups in total. The van der Waals surface area contributed by atoms with E-state index in [1.165, 1.54) is 17.3 Å². The van der Waals surface area contributed by atoms with Gasteiger partial charge in [0.25, 0.3) is 0 Å². The molecule has 2 amide bonds. The van der Waals surface area contributed by atoms with E-state index in [0.29, 0.717) is 11.6 Å². The summed E-state index contributed by atoms with van der Waals surface area (Å²) in [6.45, 7) is 7.69. The van der Waals surface area contributed by atoms with Crippen LogP contribution < -0.4 is 10.6 Å². The van der Waals surface area contributed by atoms with Gasteiger partial charge in [-0.3, -0.25) is 9.59 Å². The Morgan fingerprint density at radius 2 is 1.83 bits per heavy atom. The first-order chi connectivity index (χ1) is 14.3. The van der Waals surface area contributed by atoms with E-state index >= 15 is 0 Å². The van der Waals surface area contributed by atoms with Gasteiger partial charge in [-0.15, -0.1) is 11.8 Å². The van der Waals surface area contributed by atoms with E-state index in [2.05, 4.69) is 20.9 Å². The molecule has 0 unspecified atom stereocenters. The van der Waals surface area contributed by atoms with E-state index in [1.54, 1.807) is 19.2 Å². The van der Waals surface area contributed by atoms with Crippen molar-refractivity contribution in [3.63, 3.8) is 0 Å². The number of hydrogen-bond acceptors (Lipinski definition) is 6. The molecular formula is C21H25N5O3S. The van der Waals surface area contributed by atoms with Crippen LogP contribution in [0.4, 0.5) is 5.82 Å². The maximum atomic E-state index is 12.3. The van der Waals surface area contributed by atoms with Crippen molar-refractivity contribution < 1.29 is 14.1 Å². The number of carbonyl (C=O) groups is 2. The summed E-state index contributed by atoms with van der Waals surface area (Å²) in [5.41, 5.74) is 4.09. The zero-order valence-electron chi connectivity index (χ0n) is 17.4. The molecule has 3 aromatic rings. The molecule has 2 heterocycles. The summed E-state index contributed by atoms with van der Waals surface area (Å²) in [4.78, 5) is 24.2. The van der Waals surface area contributed by atoms with Crippen molar-refractivity contribution in [2.45, 2.75) is 33.7 Å². The second kappa shape index (κ2) is 9.62. The van der Waals surface area contributed by atoms with Crippen molar-refractivity contribution in [1.82, 2.24) is 20.3 Å². The molecule has 1 atom stereocenters. The molecule has 9 heteroatoms. The molecule has 0 fully saturated rings. The lowest BCUT2D eigenvalue weighted by molar-refractivity contribution is -0.119. The molecule has 0 radical (unpaired) electrons. The predicted molar refractivity (Wildman–Crippen MR) is 117 cm³/mol. The van der Waals surface area contributed by atoms with Crippen LogP contribution >= 0.6 is 11.8 Å². The van der Waals surface area contributed by atoms with Crippen molar-refractivity contribution in [2.24, 2.45) is 0 Å². The van der Waals surface area contributed by atoms with Gasteiger partial charge in [0.15, 0.2) is 5.82 Å². The minimum Gasteiger partial charge on any atom is -0.360 e. The van der Waals surface area contributed by atoms with Gasteiger partial charge in [-0.1, -0.05) is 22.9 Å². The standard InChI is InChI=1S/C21H25N5O3S/c1-13-5-7-17(8-6-13)26-16(4)18(10-22-26)15(3)23-20(27)11-30-12-21(28)24-19-9-14(2)29-25-19/h5-10,15H,11-12H2,1-4H3,(H,23,27)(H,24,25,28)/t15-/m1/s1. The summed E-state index contributed by atoms with van der Waals surface area (Å²) in [6, 6.07) is 9.56. The van der Waals surface area contributed by atoms with Gasteiger partial charge in [-0.05, 0) is 39.8 Å². The van der Waals surface area contributed by atoms with Crippen LogP contribution in [0.3, 0.4) is 0 Å². The van der Waals surface area contributed by atoms with Crippen LogP contribution in [0.1, 0.15) is 35.5 Å². The number of nitrogens with one attached hydrogen (secondary N) is 2. The fraction of sp³-hybridized carbons (Fsp3) is 0.333. The number of carbonyl (C=O) groups excluding carboxylic acids is 2. The molecule has 0 spiro atoms. The SMILES string of the molecule is Cc1ccc(-n2ncc([C@@H](C)NC(=O)CSCC(=O)Nc3cc(C)on3)c2C)cc1. The van der Waals surface area contributed by atoms with E-state index in [0.717, 1.165) is 16.9 Å². The lowest BCUT2D eigenvalue weighted by atomic mass is 10.1. The van der Waals surface area contributed by atoms with Gasteiger partial charge >= 0.3 is 0 Å².